The fourth-order valence-corrected chi connectivity index (χ4v) is 4.19. The van der Waals surface area contributed by atoms with Crippen molar-refractivity contribution in [1.82, 2.24) is 4.90 Å². The van der Waals surface area contributed by atoms with Crippen LogP contribution in [0.15, 0.2) is 116 Å². The lowest BCUT2D eigenvalue weighted by Gasteiger charge is -2.28. The van der Waals surface area contributed by atoms with Crippen molar-refractivity contribution in [2.75, 3.05) is 13.2 Å². The van der Waals surface area contributed by atoms with Crippen LogP contribution in [0.4, 0.5) is 0 Å². The molecule has 0 fully saturated rings. The Hall–Kier alpha value is -4.71. The third-order valence-electron chi connectivity index (χ3n) is 6.01. The van der Waals surface area contributed by atoms with Crippen LogP contribution in [0.25, 0.3) is 10.8 Å². The standard InChI is InChI=1S/C32H29NO5/c1-2-29(34)38-23-14-10-13-22-37-28-21-20-27-30-25(28)18-15-19-26(30)31(35)33(32(27)36)24-16-11-8-6-4-3-5-7-9-12-17-24/h2-9,11-12,15-21H,1,10,13-14,22-23H2/b4-3-,5-3?,6-4?,7-5-,8-6-,9-7?,11-8?,12-9-,16-11-,17-12?,24-16?,24-17+. The van der Waals surface area contributed by atoms with Crippen molar-refractivity contribution in [3.05, 3.63) is 127 Å². The monoisotopic (exact) mass is 507 g/mol. The minimum Gasteiger partial charge on any atom is -0.493 e. The average Bonchev–Trinajstić information content (AvgIpc) is 2.92. The zero-order chi connectivity index (χ0) is 26.7. The molecule has 1 aliphatic carbocycles. The fourth-order valence-electron chi connectivity index (χ4n) is 4.19. The second-order valence-corrected chi connectivity index (χ2v) is 8.56. The van der Waals surface area contributed by atoms with Gasteiger partial charge in [-0.15, -0.1) is 0 Å². The Morgan fingerprint density at radius 1 is 0.789 bits per heavy atom. The lowest BCUT2D eigenvalue weighted by Crippen LogP contribution is -2.39. The van der Waals surface area contributed by atoms with E-state index >= 15 is 0 Å². The smallest absolute Gasteiger partial charge is 0.330 e. The maximum Gasteiger partial charge on any atom is 0.330 e. The van der Waals surface area contributed by atoms with Crippen LogP contribution in [0.5, 0.6) is 5.75 Å². The molecular formula is C32H29NO5. The molecule has 0 unspecified atom stereocenters. The van der Waals surface area contributed by atoms with Crippen molar-refractivity contribution in [1.29, 1.82) is 0 Å². The molecule has 1 aliphatic heterocycles. The van der Waals surface area contributed by atoms with Gasteiger partial charge in [-0.25, -0.2) is 9.69 Å². The van der Waals surface area contributed by atoms with E-state index in [2.05, 4.69) is 6.58 Å². The molecule has 2 aromatic rings. The van der Waals surface area contributed by atoms with E-state index in [1.165, 1.54) is 4.90 Å². The van der Waals surface area contributed by atoms with Gasteiger partial charge in [-0.1, -0.05) is 73.4 Å². The van der Waals surface area contributed by atoms with E-state index in [1.54, 1.807) is 48.6 Å². The van der Waals surface area contributed by atoms with Gasteiger partial charge in [-0.3, -0.25) is 9.59 Å². The van der Waals surface area contributed by atoms with Crippen LogP contribution in [0.3, 0.4) is 0 Å². The van der Waals surface area contributed by atoms with Gasteiger partial charge in [0.1, 0.15) is 5.75 Å². The second-order valence-electron chi connectivity index (χ2n) is 8.56. The van der Waals surface area contributed by atoms with Crippen LogP contribution in [0.2, 0.25) is 0 Å². The molecule has 0 aromatic heterocycles. The van der Waals surface area contributed by atoms with Crippen molar-refractivity contribution in [3.8, 4) is 5.75 Å². The van der Waals surface area contributed by atoms with Crippen LogP contribution in [-0.4, -0.2) is 35.9 Å². The number of imide groups is 1. The summed E-state index contributed by atoms with van der Waals surface area (Å²) in [6, 6.07) is 8.92. The van der Waals surface area contributed by atoms with E-state index in [0.29, 0.717) is 41.2 Å². The van der Waals surface area contributed by atoms with E-state index in [0.717, 1.165) is 30.7 Å². The third kappa shape index (κ3) is 6.16. The van der Waals surface area contributed by atoms with Crippen molar-refractivity contribution < 1.29 is 23.9 Å². The van der Waals surface area contributed by atoms with Crippen molar-refractivity contribution in [3.63, 3.8) is 0 Å². The third-order valence-corrected chi connectivity index (χ3v) is 6.01. The first-order valence-electron chi connectivity index (χ1n) is 12.5. The number of carbonyl (C=O) groups excluding carboxylic acids is 3. The van der Waals surface area contributed by atoms with Crippen LogP contribution in [-0.2, 0) is 9.53 Å². The normalized spacial score (nSPS) is 20.3. The Kier molecular flexibility index (Phi) is 9.03. The Balaban J connectivity index is 1.54. The molecule has 2 amide bonds. The highest BCUT2D eigenvalue weighted by Gasteiger charge is 2.34. The molecule has 4 rings (SSSR count). The first kappa shape index (κ1) is 26.4. The number of allylic oxidation sites excluding steroid dienone is 11. The molecule has 0 spiro atoms. The summed E-state index contributed by atoms with van der Waals surface area (Å²) in [4.78, 5) is 39.5. The van der Waals surface area contributed by atoms with Crippen LogP contribution >= 0.6 is 0 Å². The van der Waals surface area contributed by atoms with Crippen molar-refractivity contribution in [2.24, 2.45) is 0 Å². The second kappa shape index (κ2) is 13.0. The molecule has 6 heteroatoms. The number of ether oxygens (including phenoxy) is 2. The molecule has 2 aliphatic rings. The van der Waals surface area contributed by atoms with Gasteiger partial charge in [0.15, 0.2) is 0 Å². The number of benzene rings is 2. The van der Waals surface area contributed by atoms with E-state index < -0.39 is 5.97 Å². The molecular weight excluding hydrogens is 478 g/mol. The van der Waals surface area contributed by atoms with Crippen molar-refractivity contribution >= 4 is 28.6 Å². The Morgan fingerprint density at radius 2 is 1.45 bits per heavy atom. The summed E-state index contributed by atoms with van der Waals surface area (Å²) in [6.07, 6.45) is 23.7. The molecule has 38 heavy (non-hydrogen) atoms. The van der Waals surface area contributed by atoms with Crippen LogP contribution in [0.1, 0.15) is 40.0 Å². The van der Waals surface area contributed by atoms with Gasteiger partial charge in [0.25, 0.3) is 11.8 Å². The summed E-state index contributed by atoms with van der Waals surface area (Å²) >= 11 is 0. The SMILES string of the molecule is C=CC(=O)OCCCCCOc1ccc2c3c(cccc13)C(=O)N(C1=C/C=C\C=C/C=C\C=C/C=C\1)C2=O. The average molecular weight is 508 g/mol. The predicted octanol–water partition coefficient (Wildman–Crippen LogP) is 6.39. The molecule has 2 aromatic carbocycles. The highest BCUT2D eigenvalue weighted by molar-refractivity contribution is 6.27. The van der Waals surface area contributed by atoms with Gasteiger partial charge in [0.2, 0.25) is 0 Å². The minimum absolute atomic E-state index is 0.345. The zero-order valence-corrected chi connectivity index (χ0v) is 21.0. The maximum absolute atomic E-state index is 13.6. The van der Waals surface area contributed by atoms with Crippen LogP contribution < -0.4 is 4.74 Å². The summed E-state index contributed by atoms with van der Waals surface area (Å²) in [7, 11) is 0. The summed E-state index contributed by atoms with van der Waals surface area (Å²) < 4.78 is 11.0. The quantitative estimate of drug-likeness (QED) is 0.170. The lowest BCUT2D eigenvalue weighted by atomic mass is 9.93. The molecule has 192 valence electrons. The van der Waals surface area contributed by atoms with Gasteiger partial charge in [-0.2, -0.15) is 0 Å². The number of carbonyl (C=O) groups is 3. The van der Waals surface area contributed by atoms with Crippen molar-refractivity contribution in [2.45, 2.75) is 19.3 Å². The van der Waals surface area contributed by atoms with E-state index in [4.69, 9.17) is 9.47 Å². The van der Waals surface area contributed by atoms with Gasteiger partial charge in [0.05, 0.1) is 18.9 Å². The maximum atomic E-state index is 13.6. The first-order chi connectivity index (χ1) is 18.6. The molecule has 6 nitrogen and oxygen atoms in total. The molecule has 0 radical (unpaired) electrons. The van der Waals surface area contributed by atoms with Gasteiger partial charge >= 0.3 is 5.97 Å². The van der Waals surface area contributed by atoms with Gasteiger partial charge < -0.3 is 9.47 Å². The van der Waals surface area contributed by atoms with E-state index in [-0.39, 0.29) is 11.8 Å². The predicted molar refractivity (Wildman–Crippen MR) is 149 cm³/mol. The molecule has 0 saturated carbocycles. The summed E-state index contributed by atoms with van der Waals surface area (Å²) in [5.74, 6) is -0.560. The number of hydrogen-bond acceptors (Lipinski definition) is 5. The Bertz CT molecular complexity index is 1400. The Labute approximate surface area is 222 Å². The van der Waals surface area contributed by atoms with E-state index in [1.807, 2.05) is 48.6 Å². The number of unbranched alkanes of at least 4 members (excludes halogenated alkanes) is 2. The lowest BCUT2D eigenvalue weighted by molar-refractivity contribution is -0.137. The largest absolute Gasteiger partial charge is 0.493 e. The number of hydrogen-bond donors (Lipinski definition) is 0. The first-order valence-corrected chi connectivity index (χ1v) is 12.5. The molecule has 1 heterocycles. The molecule has 0 N–H and O–H groups in total. The topological polar surface area (TPSA) is 72.9 Å². The number of amides is 2. The number of nitrogens with zero attached hydrogens (tertiary/aromatic N) is 1. The van der Waals surface area contributed by atoms with E-state index in [9.17, 15) is 14.4 Å². The molecule has 0 saturated heterocycles. The highest BCUT2D eigenvalue weighted by atomic mass is 16.5. The van der Waals surface area contributed by atoms with Gasteiger partial charge in [-0.05, 0) is 49.6 Å². The van der Waals surface area contributed by atoms with Gasteiger partial charge in [0, 0.05) is 28.0 Å². The minimum atomic E-state index is -0.422. The summed E-state index contributed by atoms with van der Waals surface area (Å²) in [6.45, 7) is 4.18. The fraction of sp³-hybridized carbons (Fsp3) is 0.156. The molecule has 0 bridgehead atoms. The number of rotatable bonds is 9. The number of esters is 1. The summed E-state index contributed by atoms with van der Waals surface area (Å²) in [5, 5.41) is 1.33. The Morgan fingerprint density at radius 3 is 2.18 bits per heavy atom. The highest BCUT2D eigenvalue weighted by Crippen LogP contribution is 2.37. The summed E-state index contributed by atoms with van der Waals surface area (Å²) in [5.41, 5.74) is 1.38. The zero-order valence-electron chi connectivity index (χ0n) is 21.0. The molecule has 0 atom stereocenters. The van der Waals surface area contributed by atoms with Crippen LogP contribution in [0, 0.1) is 0 Å².